The zero-order valence-electron chi connectivity index (χ0n) is 16.1. The average molecular weight is 404 g/mol. The Morgan fingerprint density at radius 1 is 1.11 bits per heavy atom. The van der Waals surface area contributed by atoms with Gasteiger partial charge in [-0.1, -0.05) is 19.4 Å². The number of hydrogen-bond donors (Lipinski definition) is 2. The van der Waals surface area contributed by atoms with Crippen molar-refractivity contribution in [3.63, 3.8) is 0 Å². The summed E-state index contributed by atoms with van der Waals surface area (Å²) in [6.45, 7) is 2.28. The number of methoxy groups -OCH3 is 1. The number of nitrogens with zero attached hydrogens (tertiary/aromatic N) is 1. The lowest BCUT2D eigenvalue weighted by atomic mass is 10.3. The van der Waals surface area contributed by atoms with Crippen LogP contribution in [0.5, 0.6) is 5.75 Å². The first kappa shape index (κ1) is 21.4. The number of carbonyl (C=O) groups excluding carboxylic acids is 3. The molecular formula is C20H25N3O4S. The van der Waals surface area contributed by atoms with Crippen molar-refractivity contribution in [2.75, 3.05) is 32.1 Å². The molecule has 0 aliphatic carbocycles. The molecule has 1 aromatic heterocycles. The van der Waals surface area contributed by atoms with E-state index in [1.165, 1.54) is 16.2 Å². The fourth-order valence-corrected chi connectivity index (χ4v) is 3.14. The van der Waals surface area contributed by atoms with Crippen molar-refractivity contribution in [1.82, 2.24) is 10.2 Å². The Bertz CT molecular complexity index is 775. The van der Waals surface area contributed by atoms with Gasteiger partial charge in [-0.3, -0.25) is 14.4 Å². The SMILES string of the molecule is CCCCN(CC(=O)NCC(=O)Nc1ccc(OC)cc1)C(=O)c1cccs1. The van der Waals surface area contributed by atoms with Gasteiger partial charge in [-0.05, 0) is 42.1 Å². The maximum absolute atomic E-state index is 12.5. The van der Waals surface area contributed by atoms with Gasteiger partial charge in [0.05, 0.1) is 25.1 Å². The van der Waals surface area contributed by atoms with Crippen LogP contribution in [-0.2, 0) is 9.59 Å². The highest BCUT2D eigenvalue weighted by atomic mass is 32.1. The summed E-state index contributed by atoms with van der Waals surface area (Å²) in [6, 6.07) is 10.4. The molecule has 0 saturated carbocycles. The number of unbranched alkanes of at least 4 members (excludes halogenated alkanes) is 1. The zero-order valence-corrected chi connectivity index (χ0v) is 16.9. The minimum Gasteiger partial charge on any atom is -0.497 e. The number of ether oxygens (including phenoxy) is 1. The number of hydrogen-bond acceptors (Lipinski definition) is 5. The maximum Gasteiger partial charge on any atom is 0.264 e. The van der Waals surface area contributed by atoms with E-state index in [1.54, 1.807) is 43.5 Å². The molecule has 0 radical (unpaired) electrons. The van der Waals surface area contributed by atoms with Crippen LogP contribution in [-0.4, -0.2) is 49.4 Å². The van der Waals surface area contributed by atoms with E-state index in [9.17, 15) is 14.4 Å². The topological polar surface area (TPSA) is 87.7 Å². The number of rotatable bonds is 10. The Morgan fingerprint density at radius 3 is 2.46 bits per heavy atom. The lowest BCUT2D eigenvalue weighted by molar-refractivity contribution is -0.124. The first-order chi connectivity index (χ1) is 13.5. The molecule has 8 heteroatoms. The molecule has 0 fully saturated rings. The lowest BCUT2D eigenvalue weighted by Gasteiger charge is -2.21. The van der Waals surface area contributed by atoms with Gasteiger partial charge in [-0.25, -0.2) is 0 Å². The Balaban J connectivity index is 1.83. The van der Waals surface area contributed by atoms with Gasteiger partial charge in [0.1, 0.15) is 5.75 Å². The maximum atomic E-state index is 12.5. The quantitative estimate of drug-likeness (QED) is 0.639. The second-order valence-electron chi connectivity index (χ2n) is 6.11. The van der Waals surface area contributed by atoms with E-state index < -0.39 is 0 Å². The van der Waals surface area contributed by atoms with Crippen molar-refractivity contribution < 1.29 is 19.1 Å². The predicted octanol–water partition coefficient (Wildman–Crippen LogP) is 2.75. The first-order valence-corrected chi connectivity index (χ1v) is 9.94. The molecule has 2 aromatic rings. The summed E-state index contributed by atoms with van der Waals surface area (Å²) in [5.74, 6) is -0.190. The number of benzene rings is 1. The van der Waals surface area contributed by atoms with Crippen molar-refractivity contribution in [1.29, 1.82) is 0 Å². The molecule has 0 atom stereocenters. The second kappa shape index (κ2) is 11.1. The summed E-state index contributed by atoms with van der Waals surface area (Å²) >= 11 is 1.35. The van der Waals surface area contributed by atoms with Crippen LogP contribution in [0, 0.1) is 0 Å². The van der Waals surface area contributed by atoms with Crippen LogP contribution in [0.25, 0.3) is 0 Å². The van der Waals surface area contributed by atoms with E-state index in [0.717, 1.165) is 12.8 Å². The highest BCUT2D eigenvalue weighted by Gasteiger charge is 2.19. The molecule has 0 saturated heterocycles. The van der Waals surface area contributed by atoms with Crippen molar-refractivity contribution >= 4 is 34.7 Å². The normalized spacial score (nSPS) is 10.2. The number of thiophene rings is 1. The van der Waals surface area contributed by atoms with E-state index in [4.69, 9.17) is 4.74 Å². The lowest BCUT2D eigenvalue weighted by Crippen LogP contribution is -2.43. The smallest absolute Gasteiger partial charge is 0.264 e. The molecule has 0 aliphatic rings. The minimum atomic E-state index is -0.370. The summed E-state index contributed by atoms with van der Waals surface area (Å²) in [7, 11) is 1.57. The third-order valence-electron chi connectivity index (χ3n) is 3.96. The van der Waals surface area contributed by atoms with E-state index in [-0.39, 0.29) is 30.8 Å². The van der Waals surface area contributed by atoms with Gasteiger partial charge in [0.25, 0.3) is 5.91 Å². The van der Waals surface area contributed by atoms with Gasteiger partial charge in [-0.2, -0.15) is 0 Å². The molecule has 1 heterocycles. The first-order valence-electron chi connectivity index (χ1n) is 9.07. The van der Waals surface area contributed by atoms with Crippen LogP contribution in [0.1, 0.15) is 29.4 Å². The van der Waals surface area contributed by atoms with Crippen molar-refractivity contribution in [3.05, 3.63) is 46.7 Å². The number of carbonyl (C=O) groups is 3. The van der Waals surface area contributed by atoms with Crippen molar-refractivity contribution in [3.8, 4) is 5.75 Å². The van der Waals surface area contributed by atoms with Crippen molar-refractivity contribution in [2.24, 2.45) is 0 Å². The third-order valence-corrected chi connectivity index (χ3v) is 4.81. The largest absolute Gasteiger partial charge is 0.497 e. The predicted molar refractivity (Wildman–Crippen MR) is 110 cm³/mol. The molecule has 2 rings (SSSR count). The van der Waals surface area contributed by atoms with Crippen LogP contribution >= 0.6 is 11.3 Å². The molecule has 1 aromatic carbocycles. The second-order valence-corrected chi connectivity index (χ2v) is 7.06. The number of anilines is 1. The van der Waals surface area contributed by atoms with Crippen molar-refractivity contribution in [2.45, 2.75) is 19.8 Å². The van der Waals surface area contributed by atoms with Gasteiger partial charge < -0.3 is 20.3 Å². The Morgan fingerprint density at radius 2 is 1.86 bits per heavy atom. The molecule has 7 nitrogen and oxygen atoms in total. The molecular weight excluding hydrogens is 378 g/mol. The molecule has 0 spiro atoms. The molecule has 0 aliphatic heterocycles. The molecule has 150 valence electrons. The molecule has 3 amide bonds. The Kier molecular flexibility index (Phi) is 8.48. The number of amides is 3. The molecule has 28 heavy (non-hydrogen) atoms. The fourth-order valence-electron chi connectivity index (χ4n) is 2.45. The van der Waals surface area contributed by atoms with Crippen LogP contribution < -0.4 is 15.4 Å². The van der Waals surface area contributed by atoms with Gasteiger partial charge in [0.15, 0.2) is 0 Å². The third kappa shape index (κ3) is 6.70. The van der Waals surface area contributed by atoms with Crippen LogP contribution in [0.2, 0.25) is 0 Å². The average Bonchev–Trinajstić information content (AvgIpc) is 3.24. The summed E-state index contributed by atoms with van der Waals surface area (Å²) in [5.41, 5.74) is 0.609. The van der Waals surface area contributed by atoms with Crippen LogP contribution in [0.4, 0.5) is 5.69 Å². The fraction of sp³-hybridized carbons (Fsp3) is 0.350. The van der Waals surface area contributed by atoms with Crippen LogP contribution in [0.15, 0.2) is 41.8 Å². The van der Waals surface area contributed by atoms with Gasteiger partial charge in [0.2, 0.25) is 11.8 Å². The van der Waals surface area contributed by atoms with E-state index in [0.29, 0.717) is 22.9 Å². The van der Waals surface area contributed by atoms with Gasteiger partial charge >= 0.3 is 0 Å². The zero-order chi connectivity index (χ0) is 20.4. The highest BCUT2D eigenvalue weighted by molar-refractivity contribution is 7.12. The highest BCUT2D eigenvalue weighted by Crippen LogP contribution is 2.15. The van der Waals surface area contributed by atoms with Crippen LogP contribution in [0.3, 0.4) is 0 Å². The minimum absolute atomic E-state index is 0.0768. The summed E-state index contributed by atoms with van der Waals surface area (Å²) in [6.07, 6.45) is 1.72. The Hall–Kier alpha value is -2.87. The summed E-state index contributed by atoms with van der Waals surface area (Å²) in [5, 5.41) is 7.09. The monoisotopic (exact) mass is 403 g/mol. The van der Waals surface area contributed by atoms with E-state index in [2.05, 4.69) is 10.6 Å². The Labute approximate surface area is 168 Å². The van der Waals surface area contributed by atoms with E-state index >= 15 is 0 Å². The molecule has 0 unspecified atom stereocenters. The number of nitrogens with one attached hydrogen (secondary N) is 2. The standard InChI is InChI=1S/C20H25N3O4S/c1-3-4-11-23(20(26)17-6-5-12-28-17)14-19(25)21-13-18(24)22-15-7-9-16(27-2)10-8-15/h5-10,12H,3-4,11,13-14H2,1-2H3,(H,21,25)(H,22,24). The van der Waals surface area contributed by atoms with Gasteiger partial charge in [-0.15, -0.1) is 11.3 Å². The summed E-state index contributed by atoms with van der Waals surface area (Å²) < 4.78 is 5.06. The summed E-state index contributed by atoms with van der Waals surface area (Å²) in [4.78, 5) is 38.9. The van der Waals surface area contributed by atoms with Gasteiger partial charge in [0, 0.05) is 12.2 Å². The molecule has 2 N–H and O–H groups in total. The molecule has 0 bridgehead atoms. The van der Waals surface area contributed by atoms with E-state index in [1.807, 2.05) is 12.3 Å².